The molecule has 1 N–H and O–H groups in total. The second-order valence-electron chi connectivity index (χ2n) is 10.0. The van der Waals surface area contributed by atoms with Gasteiger partial charge in [0.25, 0.3) is 0 Å². The standard InChI is InChI=1S/C17H21N.C10H12.C5H10.C2H6/c1-4-5-6-17-13(2)11-16(12-14(17)3)15-7-9-18-10-8-15;1-8(2)10-7-5-4-6-9(10)3;1-5(2)3-4-5;1-2/h4-5,7-9,11-12,18H,6,10H2,1-3H3;4-7H,1H2,2-3H3;3-4H2,1-2H3;1-2H3/b5-4-;;;. The van der Waals surface area contributed by atoms with Gasteiger partial charge in [-0.05, 0) is 111 Å². The summed E-state index contributed by atoms with van der Waals surface area (Å²) < 4.78 is 0. The molecule has 0 saturated heterocycles. The summed E-state index contributed by atoms with van der Waals surface area (Å²) in [5.74, 6) is 0. The molecule has 1 aliphatic carbocycles. The largest absolute Gasteiger partial charge is 0.387 e. The third kappa shape index (κ3) is 11.0. The molecule has 2 aromatic carbocycles. The van der Waals surface area contributed by atoms with E-state index in [9.17, 15) is 0 Å². The van der Waals surface area contributed by atoms with Crippen molar-refractivity contribution >= 4 is 11.1 Å². The molecule has 2 aliphatic rings. The van der Waals surface area contributed by atoms with Crippen LogP contribution in [0.15, 0.2) is 73.5 Å². The van der Waals surface area contributed by atoms with Gasteiger partial charge in [-0.25, -0.2) is 0 Å². The summed E-state index contributed by atoms with van der Waals surface area (Å²) in [4.78, 5) is 0. The summed E-state index contributed by atoms with van der Waals surface area (Å²) in [6.07, 6.45) is 14.7. The van der Waals surface area contributed by atoms with E-state index < -0.39 is 0 Å². The molecule has 1 nitrogen and oxygen atoms in total. The van der Waals surface area contributed by atoms with Crippen LogP contribution in [-0.4, -0.2) is 6.54 Å². The van der Waals surface area contributed by atoms with Gasteiger partial charge in [-0.1, -0.05) is 94.5 Å². The first-order valence-electron chi connectivity index (χ1n) is 13.2. The van der Waals surface area contributed by atoms with Crippen LogP contribution in [0.1, 0.15) is 87.8 Å². The number of benzene rings is 2. The Labute approximate surface area is 216 Å². The number of rotatable bonds is 4. The zero-order chi connectivity index (χ0) is 26.4. The fraction of sp³-hybridized carbons (Fsp3) is 0.412. The van der Waals surface area contributed by atoms with Crippen molar-refractivity contribution in [1.82, 2.24) is 5.32 Å². The van der Waals surface area contributed by atoms with Gasteiger partial charge in [0.2, 0.25) is 0 Å². The van der Waals surface area contributed by atoms with Crippen molar-refractivity contribution in [2.75, 3.05) is 6.54 Å². The molecule has 1 heteroatoms. The maximum Gasteiger partial charge on any atom is 0.0334 e. The van der Waals surface area contributed by atoms with E-state index in [1.807, 2.05) is 39.1 Å². The first kappa shape index (κ1) is 30.2. The van der Waals surface area contributed by atoms with Gasteiger partial charge < -0.3 is 5.32 Å². The van der Waals surface area contributed by atoms with E-state index in [-0.39, 0.29) is 0 Å². The number of nitrogens with one attached hydrogen (secondary N) is 1. The van der Waals surface area contributed by atoms with Gasteiger partial charge >= 0.3 is 0 Å². The minimum absolute atomic E-state index is 0.750. The lowest BCUT2D eigenvalue weighted by molar-refractivity contribution is 0.653. The van der Waals surface area contributed by atoms with Crippen molar-refractivity contribution in [2.45, 2.75) is 81.6 Å². The van der Waals surface area contributed by atoms with Gasteiger partial charge in [0.05, 0.1) is 0 Å². The van der Waals surface area contributed by atoms with Crippen LogP contribution < -0.4 is 5.32 Å². The van der Waals surface area contributed by atoms with Crippen molar-refractivity contribution < 1.29 is 0 Å². The van der Waals surface area contributed by atoms with Crippen molar-refractivity contribution in [3.8, 4) is 0 Å². The molecule has 0 atom stereocenters. The van der Waals surface area contributed by atoms with Crippen LogP contribution in [0, 0.1) is 26.2 Å². The fourth-order valence-electron chi connectivity index (χ4n) is 3.69. The number of allylic oxidation sites excluding steroid dienone is 5. The number of hydrogen-bond donors (Lipinski definition) is 1. The molecule has 1 heterocycles. The molecule has 1 saturated carbocycles. The Hall–Kier alpha value is -2.80. The Kier molecular flexibility index (Phi) is 13.2. The summed E-state index contributed by atoms with van der Waals surface area (Å²) in [6, 6.07) is 12.9. The zero-order valence-electron chi connectivity index (χ0n) is 23.9. The molecular formula is C34H49N. The van der Waals surface area contributed by atoms with Gasteiger partial charge in [0.1, 0.15) is 0 Å². The summed E-state index contributed by atoms with van der Waals surface area (Å²) in [7, 11) is 0. The van der Waals surface area contributed by atoms with E-state index >= 15 is 0 Å². The lowest BCUT2D eigenvalue weighted by atomic mass is 9.93. The Morgan fingerprint density at radius 3 is 1.97 bits per heavy atom. The topological polar surface area (TPSA) is 12.0 Å². The predicted octanol–water partition coefficient (Wildman–Crippen LogP) is 9.78. The first-order chi connectivity index (χ1) is 16.6. The predicted molar refractivity (Wildman–Crippen MR) is 160 cm³/mol. The SMILES string of the molecule is C/C=C\Cc1c(C)cc(C2=CCNC=C2)cc1C.C=C(C)c1ccccc1C.CC.CC1(C)CC1. The van der Waals surface area contributed by atoms with E-state index in [2.05, 4.69) is 102 Å². The molecule has 0 amide bonds. The third-order valence-electron chi connectivity index (χ3n) is 6.26. The molecule has 4 rings (SSSR count). The summed E-state index contributed by atoms with van der Waals surface area (Å²) >= 11 is 0. The van der Waals surface area contributed by atoms with Crippen molar-refractivity contribution in [1.29, 1.82) is 0 Å². The summed E-state index contributed by atoms with van der Waals surface area (Å²) in [5, 5.41) is 3.19. The van der Waals surface area contributed by atoms with Gasteiger partial charge in [-0.3, -0.25) is 0 Å². The minimum atomic E-state index is 0.750. The van der Waals surface area contributed by atoms with Crippen LogP contribution in [0.3, 0.4) is 0 Å². The highest BCUT2D eigenvalue weighted by Crippen LogP contribution is 2.43. The van der Waals surface area contributed by atoms with E-state index in [0.717, 1.165) is 24.0 Å². The smallest absolute Gasteiger partial charge is 0.0334 e. The lowest BCUT2D eigenvalue weighted by Gasteiger charge is -2.14. The van der Waals surface area contributed by atoms with Crippen LogP contribution in [-0.2, 0) is 6.42 Å². The van der Waals surface area contributed by atoms with Gasteiger partial charge in [0, 0.05) is 6.54 Å². The average Bonchev–Trinajstić information content (AvgIpc) is 3.55. The third-order valence-corrected chi connectivity index (χ3v) is 6.26. The molecule has 0 unspecified atom stereocenters. The minimum Gasteiger partial charge on any atom is -0.387 e. The molecule has 0 spiro atoms. The van der Waals surface area contributed by atoms with Crippen molar-refractivity contribution in [2.24, 2.45) is 5.41 Å². The maximum absolute atomic E-state index is 3.89. The lowest BCUT2D eigenvalue weighted by Crippen LogP contribution is -2.08. The summed E-state index contributed by atoms with van der Waals surface area (Å²) in [6.45, 7) is 24.0. The average molecular weight is 472 g/mol. The molecule has 2 aromatic rings. The second-order valence-corrected chi connectivity index (χ2v) is 10.0. The van der Waals surface area contributed by atoms with Crippen LogP contribution in [0.4, 0.5) is 0 Å². The molecule has 0 bridgehead atoms. The molecule has 0 radical (unpaired) electrons. The Morgan fingerprint density at radius 1 is 1.00 bits per heavy atom. The van der Waals surface area contributed by atoms with Gasteiger partial charge in [0.15, 0.2) is 0 Å². The Bertz CT molecular complexity index is 1000. The quantitative estimate of drug-likeness (QED) is 0.437. The van der Waals surface area contributed by atoms with Crippen LogP contribution in [0.5, 0.6) is 0 Å². The van der Waals surface area contributed by atoms with E-state index in [1.54, 1.807) is 0 Å². The summed E-state index contributed by atoms with van der Waals surface area (Å²) in [5.41, 5.74) is 11.3. The number of aryl methyl sites for hydroxylation is 3. The molecule has 35 heavy (non-hydrogen) atoms. The highest BCUT2D eigenvalue weighted by atomic mass is 14.8. The van der Waals surface area contributed by atoms with E-state index in [1.165, 1.54) is 51.8 Å². The molecule has 0 aromatic heterocycles. The molecule has 190 valence electrons. The van der Waals surface area contributed by atoms with Gasteiger partial charge in [-0.2, -0.15) is 0 Å². The van der Waals surface area contributed by atoms with Crippen molar-refractivity contribution in [3.05, 3.63) is 107 Å². The van der Waals surface area contributed by atoms with E-state index in [0.29, 0.717) is 0 Å². The Morgan fingerprint density at radius 2 is 1.57 bits per heavy atom. The highest BCUT2D eigenvalue weighted by Gasteiger charge is 2.30. The molecule has 1 aliphatic heterocycles. The van der Waals surface area contributed by atoms with Crippen LogP contribution in [0.2, 0.25) is 0 Å². The fourth-order valence-corrected chi connectivity index (χ4v) is 3.69. The van der Waals surface area contributed by atoms with Gasteiger partial charge in [-0.15, -0.1) is 0 Å². The zero-order valence-corrected chi connectivity index (χ0v) is 23.9. The number of dihydropyridines is 1. The van der Waals surface area contributed by atoms with Crippen LogP contribution >= 0.6 is 0 Å². The first-order valence-corrected chi connectivity index (χ1v) is 13.2. The highest BCUT2D eigenvalue weighted by molar-refractivity contribution is 5.76. The van der Waals surface area contributed by atoms with Crippen molar-refractivity contribution in [3.63, 3.8) is 0 Å². The monoisotopic (exact) mass is 471 g/mol. The normalized spacial score (nSPS) is 14.7. The number of hydrogen-bond acceptors (Lipinski definition) is 1. The van der Waals surface area contributed by atoms with E-state index in [4.69, 9.17) is 0 Å². The second kappa shape index (κ2) is 15.2. The molecule has 1 fully saturated rings. The maximum atomic E-state index is 3.89. The molecular weight excluding hydrogens is 422 g/mol. The van der Waals surface area contributed by atoms with Crippen LogP contribution in [0.25, 0.3) is 11.1 Å². The Balaban J connectivity index is 0.000000300.